The minimum absolute atomic E-state index is 0.354. The Kier molecular flexibility index (Phi) is 2.79. The van der Waals surface area contributed by atoms with Crippen molar-refractivity contribution in [1.29, 1.82) is 0 Å². The van der Waals surface area contributed by atoms with Crippen LogP contribution in [0.15, 0.2) is 52.1 Å². The molecule has 3 aromatic rings. The van der Waals surface area contributed by atoms with Gasteiger partial charge in [0.1, 0.15) is 0 Å². The molecule has 1 heterocycles. The first kappa shape index (κ1) is 12.4. The Morgan fingerprint density at radius 3 is 2.50 bits per heavy atom. The molecule has 3 rings (SSSR count). The van der Waals surface area contributed by atoms with Crippen molar-refractivity contribution in [1.82, 2.24) is 9.55 Å². The average Bonchev–Trinajstić information content (AvgIpc) is 2.43. The number of hydrogen-bond acceptors (Lipinski definition) is 2. The van der Waals surface area contributed by atoms with E-state index in [0.717, 1.165) is 16.8 Å². The van der Waals surface area contributed by atoms with Crippen LogP contribution < -0.4 is 11.2 Å². The Hall–Kier alpha value is -2.62. The molecule has 1 N–H and O–H groups in total. The molecule has 0 radical (unpaired) electrons. The second-order valence-electron chi connectivity index (χ2n) is 4.83. The number of rotatable bonds is 1. The molecule has 2 aromatic carbocycles. The zero-order valence-corrected chi connectivity index (χ0v) is 11.3. The Morgan fingerprint density at radius 1 is 0.950 bits per heavy atom. The van der Waals surface area contributed by atoms with Crippen molar-refractivity contribution in [2.45, 2.75) is 13.8 Å². The van der Waals surface area contributed by atoms with E-state index in [9.17, 15) is 9.59 Å². The van der Waals surface area contributed by atoms with Gasteiger partial charge in [-0.2, -0.15) is 0 Å². The highest BCUT2D eigenvalue weighted by molar-refractivity contribution is 5.79. The number of aryl methyl sites for hydroxylation is 1. The normalized spacial score (nSPS) is 10.9. The maximum absolute atomic E-state index is 12.2. The van der Waals surface area contributed by atoms with Crippen LogP contribution in [0.1, 0.15) is 11.1 Å². The topological polar surface area (TPSA) is 54.9 Å². The molecule has 0 aliphatic carbocycles. The van der Waals surface area contributed by atoms with Gasteiger partial charge in [-0.25, -0.2) is 4.79 Å². The van der Waals surface area contributed by atoms with E-state index in [1.807, 2.05) is 38.1 Å². The monoisotopic (exact) mass is 266 g/mol. The van der Waals surface area contributed by atoms with Crippen LogP contribution in [0.3, 0.4) is 0 Å². The van der Waals surface area contributed by atoms with Gasteiger partial charge in [-0.3, -0.25) is 14.3 Å². The lowest BCUT2D eigenvalue weighted by molar-refractivity contribution is 0.932. The van der Waals surface area contributed by atoms with Crippen molar-refractivity contribution in [3.05, 3.63) is 74.4 Å². The van der Waals surface area contributed by atoms with E-state index in [-0.39, 0.29) is 5.56 Å². The van der Waals surface area contributed by atoms with E-state index in [1.54, 1.807) is 22.8 Å². The highest BCUT2D eigenvalue weighted by atomic mass is 16.2. The molecule has 0 saturated heterocycles. The molecule has 0 bridgehead atoms. The summed E-state index contributed by atoms with van der Waals surface area (Å²) < 4.78 is 1.55. The summed E-state index contributed by atoms with van der Waals surface area (Å²) in [5.74, 6) is 0. The van der Waals surface area contributed by atoms with E-state index in [0.29, 0.717) is 10.9 Å². The molecule has 0 unspecified atom stereocenters. The second kappa shape index (κ2) is 4.49. The molecular formula is C16H14N2O2. The van der Waals surface area contributed by atoms with Crippen LogP contribution >= 0.6 is 0 Å². The van der Waals surface area contributed by atoms with E-state index >= 15 is 0 Å². The van der Waals surface area contributed by atoms with E-state index < -0.39 is 5.69 Å². The number of benzene rings is 2. The van der Waals surface area contributed by atoms with Gasteiger partial charge < -0.3 is 0 Å². The SMILES string of the molecule is Cc1cccc(-n2c(=O)[nH]c(=O)c3ccccc32)c1C. The van der Waals surface area contributed by atoms with Crippen molar-refractivity contribution in [3.8, 4) is 5.69 Å². The molecule has 1 aromatic heterocycles. The zero-order chi connectivity index (χ0) is 14.3. The molecule has 0 saturated carbocycles. The number of aromatic amines is 1. The molecule has 0 aliphatic rings. The molecular weight excluding hydrogens is 252 g/mol. The van der Waals surface area contributed by atoms with Crippen molar-refractivity contribution in [2.75, 3.05) is 0 Å². The Morgan fingerprint density at radius 2 is 1.70 bits per heavy atom. The molecule has 0 amide bonds. The van der Waals surface area contributed by atoms with E-state index in [1.165, 1.54) is 0 Å². The van der Waals surface area contributed by atoms with Gasteiger partial charge in [-0.05, 0) is 43.2 Å². The third-order valence-corrected chi connectivity index (χ3v) is 3.63. The number of aromatic nitrogens is 2. The lowest BCUT2D eigenvalue weighted by atomic mass is 10.1. The predicted octanol–water partition coefficient (Wildman–Crippen LogP) is 2.30. The largest absolute Gasteiger partial charge is 0.333 e. The van der Waals surface area contributed by atoms with Gasteiger partial charge in [0, 0.05) is 0 Å². The zero-order valence-electron chi connectivity index (χ0n) is 11.3. The van der Waals surface area contributed by atoms with Crippen molar-refractivity contribution in [3.63, 3.8) is 0 Å². The smallest absolute Gasteiger partial charge is 0.273 e. The Bertz CT molecular complexity index is 920. The maximum atomic E-state index is 12.2. The number of nitrogens with one attached hydrogen (secondary N) is 1. The van der Waals surface area contributed by atoms with Gasteiger partial charge >= 0.3 is 5.69 Å². The number of hydrogen-bond donors (Lipinski definition) is 1. The first-order chi connectivity index (χ1) is 9.59. The van der Waals surface area contributed by atoms with E-state index in [4.69, 9.17) is 0 Å². The fraction of sp³-hybridized carbons (Fsp3) is 0.125. The van der Waals surface area contributed by atoms with Crippen LogP contribution in [0.2, 0.25) is 0 Å². The first-order valence-electron chi connectivity index (χ1n) is 6.40. The van der Waals surface area contributed by atoms with Crippen molar-refractivity contribution < 1.29 is 0 Å². The maximum Gasteiger partial charge on any atom is 0.333 e. The summed E-state index contributed by atoms with van der Waals surface area (Å²) in [6, 6.07) is 12.9. The number of nitrogens with zero attached hydrogens (tertiary/aromatic N) is 1. The average molecular weight is 266 g/mol. The highest BCUT2D eigenvalue weighted by Gasteiger charge is 2.11. The quantitative estimate of drug-likeness (QED) is 0.734. The molecule has 20 heavy (non-hydrogen) atoms. The summed E-state index contributed by atoms with van der Waals surface area (Å²) in [6.45, 7) is 3.97. The first-order valence-corrected chi connectivity index (χ1v) is 6.40. The Balaban J connectivity index is 2.52. The summed E-state index contributed by atoms with van der Waals surface area (Å²) in [5.41, 5.74) is 2.77. The van der Waals surface area contributed by atoms with Gasteiger partial charge in [-0.15, -0.1) is 0 Å². The van der Waals surface area contributed by atoms with Crippen LogP contribution in [-0.4, -0.2) is 9.55 Å². The lowest BCUT2D eigenvalue weighted by Crippen LogP contribution is -2.29. The summed E-state index contributed by atoms with van der Waals surface area (Å²) in [7, 11) is 0. The summed E-state index contributed by atoms with van der Waals surface area (Å²) in [6.07, 6.45) is 0. The van der Waals surface area contributed by atoms with Gasteiger partial charge in [0.15, 0.2) is 0 Å². The number of para-hydroxylation sites is 1. The van der Waals surface area contributed by atoms with Crippen LogP contribution in [-0.2, 0) is 0 Å². The minimum Gasteiger partial charge on any atom is -0.273 e. The lowest BCUT2D eigenvalue weighted by Gasteiger charge is -2.13. The summed E-state index contributed by atoms with van der Waals surface area (Å²) in [4.78, 5) is 26.5. The van der Waals surface area contributed by atoms with Crippen LogP contribution in [0.5, 0.6) is 0 Å². The van der Waals surface area contributed by atoms with Crippen LogP contribution in [0.4, 0.5) is 0 Å². The van der Waals surface area contributed by atoms with Gasteiger partial charge in [0.05, 0.1) is 16.6 Å². The summed E-state index contributed by atoms with van der Waals surface area (Å²) >= 11 is 0. The molecule has 4 heteroatoms. The fourth-order valence-corrected chi connectivity index (χ4v) is 2.41. The number of H-pyrrole nitrogens is 1. The van der Waals surface area contributed by atoms with E-state index in [2.05, 4.69) is 4.98 Å². The van der Waals surface area contributed by atoms with Crippen molar-refractivity contribution >= 4 is 10.9 Å². The highest BCUT2D eigenvalue weighted by Crippen LogP contribution is 2.19. The molecule has 0 spiro atoms. The minimum atomic E-state index is -0.414. The van der Waals surface area contributed by atoms with Gasteiger partial charge in [0.25, 0.3) is 5.56 Å². The van der Waals surface area contributed by atoms with Gasteiger partial charge in [0.2, 0.25) is 0 Å². The fourth-order valence-electron chi connectivity index (χ4n) is 2.41. The number of fused-ring (bicyclic) bond motifs is 1. The third kappa shape index (κ3) is 1.77. The van der Waals surface area contributed by atoms with Crippen molar-refractivity contribution in [2.24, 2.45) is 0 Å². The Labute approximate surface area is 115 Å². The standard InChI is InChI=1S/C16H14N2O2/c1-10-6-5-9-13(11(10)2)18-14-8-4-3-7-12(14)15(19)17-16(18)20/h3-9H,1-2H3,(H,17,19,20). The molecule has 0 aliphatic heterocycles. The predicted molar refractivity (Wildman–Crippen MR) is 79.6 cm³/mol. The molecule has 4 nitrogen and oxygen atoms in total. The molecule has 0 fully saturated rings. The van der Waals surface area contributed by atoms with Crippen LogP contribution in [0.25, 0.3) is 16.6 Å². The molecule has 0 atom stereocenters. The summed E-state index contributed by atoms with van der Waals surface area (Å²) in [5, 5.41) is 0.507. The van der Waals surface area contributed by atoms with Crippen LogP contribution in [0, 0.1) is 13.8 Å². The third-order valence-electron chi connectivity index (χ3n) is 3.63. The molecule has 100 valence electrons. The second-order valence-corrected chi connectivity index (χ2v) is 4.83. The van der Waals surface area contributed by atoms with Gasteiger partial charge in [-0.1, -0.05) is 24.3 Å².